The molecule has 0 aliphatic rings. The van der Waals surface area contributed by atoms with E-state index in [1.54, 1.807) is 0 Å². The average molecular weight is 233 g/mol. The minimum Gasteiger partial charge on any atom is -0.310 e. The molecule has 0 fully saturated rings. The van der Waals surface area contributed by atoms with Gasteiger partial charge in [0.2, 0.25) is 0 Å². The molecule has 5 nitrogen and oxygen atoms in total. The Morgan fingerprint density at radius 1 is 1.29 bits per heavy atom. The standard InChI is InChI=1S/C12H19N5/c1-8(2)6-13-7-11-15-16-12-14-9(3)5-10(4)17(11)12/h5,8,13H,6-7H2,1-4H3. The molecule has 2 aromatic rings. The average Bonchev–Trinajstić information content (AvgIpc) is 2.60. The van der Waals surface area contributed by atoms with Crippen molar-refractivity contribution in [2.45, 2.75) is 34.2 Å². The molecule has 92 valence electrons. The van der Waals surface area contributed by atoms with Crippen molar-refractivity contribution in [3.63, 3.8) is 0 Å². The molecular weight excluding hydrogens is 214 g/mol. The highest BCUT2D eigenvalue weighted by Crippen LogP contribution is 2.07. The lowest BCUT2D eigenvalue weighted by Gasteiger charge is -2.07. The smallest absolute Gasteiger partial charge is 0.255 e. The van der Waals surface area contributed by atoms with E-state index in [1.165, 1.54) is 0 Å². The molecule has 2 heterocycles. The summed E-state index contributed by atoms with van der Waals surface area (Å²) in [4.78, 5) is 4.36. The Morgan fingerprint density at radius 3 is 2.76 bits per heavy atom. The third kappa shape index (κ3) is 2.61. The quantitative estimate of drug-likeness (QED) is 0.869. The molecule has 2 rings (SSSR count). The minimum absolute atomic E-state index is 0.635. The maximum atomic E-state index is 4.36. The van der Waals surface area contributed by atoms with Crippen LogP contribution < -0.4 is 5.32 Å². The maximum absolute atomic E-state index is 4.36. The van der Waals surface area contributed by atoms with Crippen LogP contribution >= 0.6 is 0 Å². The van der Waals surface area contributed by atoms with Crippen LogP contribution in [-0.2, 0) is 6.54 Å². The SMILES string of the molecule is Cc1cc(C)n2c(CNCC(C)C)nnc2n1. The highest BCUT2D eigenvalue weighted by molar-refractivity contribution is 5.32. The molecular formula is C12H19N5. The van der Waals surface area contributed by atoms with E-state index in [1.807, 2.05) is 17.4 Å². The monoisotopic (exact) mass is 233 g/mol. The van der Waals surface area contributed by atoms with Gasteiger partial charge in [0.1, 0.15) is 0 Å². The first-order chi connectivity index (χ1) is 8.08. The van der Waals surface area contributed by atoms with Gasteiger partial charge in [0.05, 0.1) is 6.54 Å². The van der Waals surface area contributed by atoms with Crippen LogP contribution in [0.25, 0.3) is 5.78 Å². The Labute approximate surface area is 101 Å². The zero-order valence-electron chi connectivity index (χ0n) is 10.9. The second-order valence-corrected chi connectivity index (χ2v) is 4.82. The fourth-order valence-electron chi connectivity index (χ4n) is 1.88. The molecule has 0 atom stereocenters. The number of aryl methyl sites for hydroxylation is 2. The summed E-state index contributed by atoms with van der Waals surface area (Å²) in [6.45, 7) is 10.1. The van der Waals surface area contributed by atoms with Gasteiger partial charge in [-0.2, -0.15) is 0 Å². The lowest BCUT2D eigenvalue weighted by atomic mass is 10.2. The number of hydrogen-bond acceptors (Lipinski definition) is 4. The first kappa shape index (κ1) is 12.0. The second kappa shape index (κ2) is 4.79. The number of nitrogens with one attached hydrogen (secondary N) is 1. The summed E-state index contributed by atoms with van der Waals surface area (Å²) in [5.41, 5.74) is 2.10. The fourth-order valence-corrected chi connectivity index (χ4v) is 1.88. The number of hydrogen-bond donors (Lipinski definition) is 1. The van der Waals surface area contributed by atoms with E-state index >= 15 is 0 Å². The topological polar surface area (TPSA) is 55.1 Å². The first-order valence-corrected chi connectivity index (χ1v) is 5.97. The number of nitrogens with zero attached hydrogens (tertiary/aromatic N) is 4. The molecule has 0 aliphatic heterocycles. The summed E-state index contributed by atoms with van der Waals surface area (Å²) < 4.78 is 2.00. The van der Waals surface area contributed by atoms with Crippen molar-refractivity contribution in [2.24, 2.45) is 5.92 Å². The van der Waals surface area contributed by atoms with Crippen molar-refractivity contribution < 1.29 is 0 Å². The number of rotatable bonds is 4. The van der Waals surface area contributed by atoms with Gasteiger partial charge in [-0.1, -0.05) is 13.8 Å². The summed E-state index contributed by atoms with van der Waals surface area (Å²) in [5, 5.41) is 11.7. The predicted molar refractivity (Wildman–Crippen MR) is 66.8 cm³/mol. The lowest BCUT2D eigenvalue weighted by Crippen LogP contribution is -2.20. The normalized spacial score (nSPS) is 11.6. The molecule has 0 aliphatic carbocycles. The first-order valence-electron chi connectivity index (χ1n) is 5.97. The highest BCUT2D eigenvalue weighted by atomic mass is 15.3. The van der Waals surface area contributed by atoms with E-state index in [0.29, 0.717) is 11.7 Å². The van der Waals surface area contributed by atoms with Gasteiger partial charge in [0.15, 0.2) is 5.82 Å². The summed E-state index contributed by atoms with van der Waals surface area (Å²) in [6.07, 6.45) is 0. The van der Waals surface area contributed by atoms with Crippen LogP contribution in [0.1, 0.15) is 31.1 Å². The highest BCUT2D eigenvalue weighted by Gasteiger charge is 2.09. The third-order valence-electron chi connectivity index (χ3n) is 2.60. The predicted octanol–water partition coefficient (Wildman–Crippen LogP) is 1.49. The Bertz CT molecular complexity index is 515. The molecule has 0 saturated carbocycles. The lowest BCUT2D eigenvalue weighted by molar-refractivity contribution is 0.540. The Morgan fingerprint density at radius 2 is 2.06 bits per heavy atom. The maximum Gasteiger partial charge on any atom is 0.255 e. The molecule has 1 N–H and O–H groups in total. The zero-order chi connectivity index (χ0) is 12.4. The van der Waals surface area contributed by atoms with Crippen molar-refractivity contribution in [3.8, 4) is 0 Å². The van der Waals surface area contributed by atoms with Crippen molar-refractivity contribution in [2.75, 3.05) is 6.54 Å². The number of fused-ring (bicyclic) bond motifs is 1. The van der Waals surface area contributed by atoms with Crippen molar-refractivity contribution in [3.05, 3.63) is 23.3 Å². The van der Waals surface area contributed by atoms with Gasteiger partial charge in [-0.15, -0.1) is 10.2 Å². The van der Waals surface area contributed by atoms with Gasteiger partial charge >= 0.3 is 0 Å². The molecule has 0 aromatic carbocycles. The Kier molecular flexibility index (Phi) is 3.38. The van der Waals surface area contributed by atoms with Gasteiger partial charge in [-0.25, -0.2) is 4.98 Å². The van der Waals surface area contributed by atoms with E-state index in [-0.39, 0.29) is 0 Å². The van der Waals surface area contributed by atoms with Crippen molar-refractivity contribution in [1.82, 2.24) is 24.9 Å². The minimum atomic E-state index is 0.635. The van der Waals surface area contributed by atoms with Crippen molar-refractivity contribution in [1.29, 1.82) is 0 Å². The van der Waals surface area contributed by atoms with E-state index < -0.39 is 0 Å². The molecule has 0 bridgehead atoms. The van der Waals surface area contributed by atoms with E-state index in [4.69, 9.17) is 0 Å². The Hall–Kier alpha value is -1.49. The summed E-state index contributed by atoms with van der Waals surface area (Å²) >= 11 is 0. The zero-order valence-corrected chi connectivity index (χ0v) is 10.9. The second-order valence-electron chi connectivity index (χ2n) is 4.82. The van der Waals surface area contributed by atoms with Gasteiger partial charge < -0.3 is 5.32 Å². The van der Waals surface area contributed by atoms with Crippen LogP contribution in [0.4, 0.5) is 0 Å². The van der Waals surface area contributed by atoms with Crippen LogP contribution in [0.3, 0.4) is 0 Å². The van der Waals surface area contributed by atoms with Gasteiger partial charge in [-0.05, 0) is 32.4 Å². The molecule has 0 amide bonds. The molecule has 5 heteroatoms. The number of aromatic nitrogens is 4. The van der Waals surface area contributed by atoms with E-state index in [0.717, 1.165) is 30.3 Å². The molecule has 0 saturated heterocycles. The molecule has 0 unspecified atom stereocenters. The van der Waals surface area contributed by atoms with E-state index in [9.17, 15) is 0 Å². The summed E-state index contributed by atoms with van der Waals surface area (Å²) in [7, 11) is 0. The largest absolute Gasteiger partial charge is 0.310 e. The van der Waals surface area contributed by atoms with Crippen LogP contribution in [0.2, 0.25) is 0 Å². The van der Waals surface area contributed by atoms with Crippen molar-refractivity contribution >= 4 is 5.78 Å². The van der Waals surface area contributed by atoms with E-state index in [2.05, 4.69) is 41.3 Å². The van der Waals surface area contributed by atoms with Gasteiger partial charge in [-0.3, -0.25) is 4.40 Å². The fraction of sp³-hybridized carbons (Fsp3) is 0.583. The summed E-state index contributed by atoms with van der Waals surface area (Å²) in [5.74, 6) is 2.24. The van der Waals surface area contributed by atoms with Gasteiger partial charge in [0, 0.05) is 11.4 Å². The van der Waals surface area contributed by atoms with Crippen LogP contribution in [-0.4, -0.2) is 26.1 Å². The summed E-state index contributed by atoms with van der Waals surface area (Å²) in [6, 6.07) is 2.04. The van der Waals surface area contributed by atoms with Crippen LogP contribution in [0, 0.1) is 19.8 Å². The van der Waals surface area contributed by atoms with Crippen LogP contribution in [0.5, 0.6) is 0 Å². The third-order valence-corrected chi connectivity index (χ3v) is 2.60. The molecule has 0 spiro atoms. The van der Waals surface area contributed by atoms with Crippen LogP contribution in [0.15, 0.2) is 6.07 Å². The molecule has 17 heavy (non-hydrogen) atoms. The van der Waals surface area contributed by atoms with Gasteiger partial charge in [0.25, 0.3) is 5.78 Å². The molecule has 0 radical (unpaired) electrons. The Balaban J connectivity index is 2.24. The molecule has 2 aromatic heterocycles.